The van der Waals surface area contributed by atoms with E-state index in [1.165, 1.54) is 9.71 Å². The zero-order chi connectivity index (χ0) is 14.5. The predicted molar refractivity (Wildman–Crippen MR) is 87.6 cm³/mol. The van der Waals surface area contributed by atoms with Crippen LogP contribution in [0, 0.1) is 0 Å². The molecule has 0 amide bonds. The molecule has 0 unspecified atom stereocenters. The van der Waals surface area contributed by atoms with Crippen LogP contribution in [0.3, 0.4) is 0 Å². The number of thiazole rings is 1. The Morgan fingerprint density at radius 1 is 1.15 bits per heavy atom. The summed E-state index contributed by atoms with van der Waals surface area (Å²) in [5.41, 5.74) is 1.11. The Balaban J connectivity index is 1.91. The number of guanidine groups is 1. The summed E-state index contributed by atoms with van der Waals surface area (Å²) in [4.78, 5) is 13.4. The predicted octanol–water partition coefficient (Wildman–Crippen LogP) is 2.71. The van der Waals surface area contributed by atoms with Crippen molar-refractivity contribution in [2.24, 2.45) is 4.99 Å². The van der Waals surface area contributed by atoms with E-state index in [1.807, 2.05) is 44.1 Å². The van der Waals surface area contributed by atoms with Crippen LogP contribution in [0.25, 0.3) is 10.2 Å². The van der Waals surface area contributed by atoms with E-state index in [4.69, 9.17) is 0 Å². The molecule has 1 aromatic carbocycles. The molecule has 0 aliphatic heterocycles. The topological polar surface area (TPSA) is 31.7 Å². The molecule has 108 valence electrons. The Morgan fingerprint density at radius 3 is 2.50 bits per heavy atom. The van der Waals surface area contributed by atoms with Gasteiger partial charge in [-0.05, 0) is 18.6 Å². The molecule has 0 fully saturated rings. The van der Waals surface area contributed by atoms with Crippen LogP contribution < -0.4 is 0 Å². The number of aryl methyl sites for hydroxylation is 1. The van der Waals surface area contributed by atoms with Gasteiger partial charge in [0.15, 0.2) is 5.96 Å². The Hall–Kier alpha value is -1.62. The van der Waals surface area contributed by atoms with Crippen molar-refractivity contribution in [3.63, 3.8) is 0 Å². The van der Waals surface area contributed by atoms with Crippen molar-refractivity contribution < 1.29 is 0 Å². The van der Waals surface area contributed by atoms with Gasteiger partial charge in [-0.15, -0.1) is 11.3 Å². The number of hydrogen-bond donors (Lipinski definition) is 0. The van der Waals surface area contributed by atoms with Crippen molar-refractivity contribution in [1.82, 2.24) is 14.8 Å². The fourth-order valence-corrected chi connectivity index (χ4v) is 3.13. The highest BCUT2D eigenvalue weighted by Gasteiger charge is 2.05. The summed E-state index contributed by atoms with van der Waals surface area (Å²) >= 11 is 1.79. The first-order valence-corrected chi connectivity index (χ1v) is 7.63. The van der Waals surface area contributed by atoms with Gasteiger partial charge in [0.1, 0.15) is 0 Å². The number of benzene rings is 1. The number of fused-ring (bicyclic) bond motifs is 1. The van der Waals surface area contributed by atoms with Gasteiger partial charge in [0.25, 0.3) is 0 Å². The highest BCUT2D eigenvalue weighted by molar-refractivity contribution is 7.18. The number of aromatic nitrogens is 1. The van der Waals surface area contributed by atoms with E-state index >= 15 is 0 Å². The van der Waals surface area contributed by atoms with Crippen LogP contribution in [0.1, 0.15) is 11.4 Å². The third kappa shape index (κ3) is 3.70. The van der Waals surface area contributed by atoms with Crippen molar-refractivity contribution in [3.05, 3.63) is 29.3 Å². The van der Waals surface area contributed by atoms with Gasteiger partial charge in [-0.25, -0.2) is 4.98 Å². The quantitative estimate of drug-likeness (QED) is 0.493. The zero-order valence-corrected chi connectivity index (χ0v) is 13.4. The molecule has 0 saturated heterocycles. The largest absolute Gasteiger partial charge is 0.349 e. The van der Waals surface area contributed by atoms with Crippen LogP contribution in [0.5, 0.6) is 0 Å². The Morgan fingerprint density at radius 2 is 1.85 bits per heavy atom. The fraction of sp³-hybridized carbons (Fsp3) is 0.467. The molecule has 1 aromatic heterocycles. The van der Waals surface area contributed by atoms with Crippen LogP contribution in [0.4, 0.5) is 0 Å². The van der Waals surface area contributed by atoms with E-state index in [2.05, 4.69) is 28.2 Å². The summed E-state index contributed by atoms with van der Waals surface area (Å²) in [6.07, 6.45) is 2.03. The van der Waals surface area contributed by atoms with E-state index < -0.39 is 0 Å². The summed E-state index contributed by atoms with van der Waals surface area (Å²) in [7, 11) is 8.08. The van der Waals surface area contributed by atoms with Crippen molar-refractivity contribution in [1.29, 1.82) is 0 Å². The minimum absolute atomic E-state index is 0.835. The third-order valence-corrected chi connectivity index (χ3v) is 4.04. The molecule has 0 radical (unpaired) electrons. The molecule has 0 aliphatic carbocycles. The standard InChI is InChI=1S/C15H22N4S/c1-18(2)15(19(3)4)16-11-7-10-14-17-12-8-5-6-9-13(12)20-14/h5-6,8-9H,7,10-11H2,1-4H3. The molecule has 0 atom stereocenters. The normalized spacial score (nSPS) is 10.6. The molecule has 2 rings (SSSR count). The second-order valence-electron chi connectivity index (χ2n) is 5.15. The number of hydrogen-bond acceptors (Lipinski definition) is 3. The van der Waals surface area contributed by atoms with Gasteiger partial charge in [-0.3, -0.25) is 4.99 Å². The van der Waals surface area contributed by atoms with Crippen LogP contribution in [0.2, 0.25) is 0 Å². The minimum atomic E-state index is 0.835. The monoisotopic (exact) mass is 290 g/mol. The Bertz CT molecular complexity index is 543. The number of nitrogens with zero attached hydrogens (tertiary/aromatic N) is 4. The third-order valence-electron chi connectivity index (χ3n) is 2.94. The molecular formula is C15H22N4S. The van der Waals surface area contributed by atoms with Crippen LogP contribution in [0.15, 0.2) is 29.3 Å². The first-order chi connectivity index (χ1) is 9.58. The van der Waals surface area contributed by atoms with Gasteiger partial charge in [-0.1, -0.05) is 12.1 Å². The van der Waals surface area contributed by atoms with Crippen LogP contribution in [-0.4, -0.2) is 55.5 Å². The van der Waals surface area contributed by atoms with E-state index in [0.29, 0.717) is 0 Å². The summed E-state index contributed by atoms with van der Waals surface area (Å²) in [6, 6.07) is 8.31. The maximum absolute atomic E-state index is 4.65. The molecule has 5 heteroatoms. The number of para-hydroxylation sites is 1. The lowest BCUT2D eigenvalue weighted by molar-refractivity contribution is 0.479. The summed E-state index contributed by atoms with van der Waals surface area (Å²) < 4.78 is 1.27. The average Bonchev–Trinajstić information content (AvgIpc) is 2.80. The average molecular weight is 290 g/mol. The van der Waals surface area contributed by atoms with Crippen molar-refractivity contribution in [2.75, 3.05) is 34.7 Å². The Labute approximate surface area is 124 Å². The lowest BCUT2D eigenvalue weighted by Gasteiger charge is -2.22. The number of rotatable bonds is 4. The molecule has 0 spiro atoms. The lowest BCUT2D eigenvalue weighted by Crippen LogP contribution is -2.35. The summed E-state index contributed by atoms with van der Waals surface area (Å²) in [5.74, 6) is 1.01. The first-order valence-electron chi connectivity index (χ1n) is 6.81. The van der Waals surface area contributed by atoms with Gasteiger partial charge in [0, 0.05) is 41.2 Å². The minimum Gasteiger partial charge on any atom is -0.349 e. The van der Waals surface area contributed by atoms with E-state index in [0.717, 1.165) is 30.9 Å². The second-order valence-corrected chi connectivity index (χ2v) is 6.26. The first kappa shape index (κ1) is 14.8. The smallest absolute Gasteiger partial charge is 0.195 e. The molecule has 4 nitrogen and oxygen atoms in total. The van der Waals surface area contributed by atoms with Crippen molar-refractivity contribution >= 4 is 27.5 Å². The second kappa shape index (κ2) is 6.70. The van der Waals surface area contributed by atoms with E-state index in [-0.39, 0.29) is 0 Å². The van der Waals surface area contributed by atoms with Gasteiger partial charge >= 0.3 is 0 Å². The summed E-state index contributed by atoms with van der Waals surface area (Å²) in [6.45, 7) is 0.835. The molecule has 0 N–H and O–H groups in total. The van der Waals surface area contributed by atoms with Crippen molar-refractivity contribution in [3.8, 4) is 0 Å². The van der Waals surface area contributed by atoms with Crippen LogP contribution >= 0.6 is 11.3 Å². The zero-order valence-electron chi connectivity index (χ0n) is 12.6. The molecule has 2 aromatic rings. The molecule has 1 heterocycles. The summed E-state index contributed by atoms with van der Waals surface area (Å²) in [5, 5.41) is 1.21. The maximum atomic E-state index is 4.65. The van der Waals surface area contributed by atoms with Crippen molar-refractivity contribution in [2.45, 2.75) is 12.8 Å². The van der Waals surface area contributed by atoms with E-state index in [9.17, 15) is 0 Å². The molecule has 0 saturated carbocycles. The molecular weight excluding hydrogens is 268 g/mol. The Kier molecular flexibility index (Phi) is 4.95. The maximum Gasteiger partial charge on any atom is 0.195 e. The number of aliphatic imine (C=N–C) groups is 1. The van der Waals surface area contributed by atoms with Gasteiger partial charge < -0.3 is 9.80 Å². The van der Waals surface area contributed by atoms with Gasteiger partial charge in [0.2, 0.25) is 0 Å². The molecule has 20 heavy (non-hydrogen) atoms. The highest BCUT2D eigenvalue weighted by atomic mass is 32.1. The SMILES string of the molecule is CN(C)C(=NCCCc1nc2ccccc2s1)N(C)C. The fourth-order valence-electron chi connectivity index (χ4n) is 2.12. The highest BCUT2D eigenvalue weighted by Crippen LogP contribution is 2.22. The lowest BCUT2D eigenvalue weighted by atomic mass is 10.3. The van der Waals surface area contributed by atoms with E-state index in [1.54, 1.807) is 11.3 Å². The van der Waals surface area contributed by atoms with Gasteiger partial charge in [0.05, 0.1) is 15.2 Å². The molecule has 0 bridgehead atoms. The molecule has 0 aliphatic rings. The van der Waals surface area contributed by atoms with Gasteiger partial charge in [-0.2, -0.15) is 0 Å². The van der Waals surface area contributed by atoms with Crippen LogP contribution in [-0.2, 0) is 6.42 Å².